The van der Waals surface area contributed by atoms with Crippen LogP contribution >= 0.6 is 15.9 Å². The monoisotopic (exact) mass is 291 g/mol. The fourth-order valence-corrected chi connectivity index (χ4v) is 1.63. The first-order valence-electron chi connectivity index (χ1n) is 4.15. The van der Waals surface area contributed by atoms with Crippen molar-refractivity contribution in [3.05, 3.63) is 38.1 Å². The maximum atomic E-state index is 13.2. The van der Waals surface area contributed by atoms with E-state index in [1.165, 1.54) is 6.07 Å². The van der Waals surface area contributed by atoms with E-state index < -0.39 is 22.4 Å². The summed E-state index contributed by atoms with van der Waals surface area (Å²) in [6.45, 7) is 0. The van der Waals surface area contributed by atoms with E-state index >= 15 is 0 Å². The molecule has 0 aromatic heterocycles. The number of ether oxygens (including phenoxy) is 1. The molecule has 5 nitrogen and oxygen atoms in total. The number of benzene rings is 1. The number of carbonyl (C=O) groups excluding carboxylic acids is 1. The van der Waals surface area contributed by atoms with Gasteiger partial charge in [0, 0.05) is 4.47 Å². The summed E-state index contributed by atoms with van der Waals surface area (Å²) < 4.78 is 17.9. The summed E-state index contributed by atoms with van der Waals surface area (Å²) in [5.41, 5.74) is -0.739. The molecule has 86 valence electrons. The number of carbonyl (C=O) groups is 1. The zero-order valence-electron chi connectivity index (χ0n) is 8.20. The maximum absolute atomic E-state index is 13.2. The first-order chi connectivity index (χ1) is 7.47. The molecular formula is C9H7BrFNO4. The van der Waals surface area contributed by atoms with Gasteiger partial charge in [0.15, 0.2) is 0 Å². The Morgan fingerprint density at radius 2 is 2.25 bits per heavy atom. The van der Waals surface area contributed by atoms with Gasteiger partial charge in [0.1, 0.15) is 0 Å². The Morgan fingerprint density at radius 3 is 2.75 bits per heavy atom. The molecule has 0 spiro atoms. The molecule has 1 aromatic rings. The Kier molecular flexibility index (Phi) is 3.94. The van der Waals surface area contributed by atoms with Gasteiger partial charge >= 0.3 is 11.7 Å². The number of nitro benzene ring substituents is 1. The molecule has 0 bridgehead atoms. The van der Waals surface area contributed by atoms with Crippen molar-refractivity contribution in [3.63, 3.8) is 0 Å². The lowest BCUT2D eigenvalue weighted by Crippen LogP contribution is -2.08. The second-order valence-corrected chi connectivity index (χ2v) is 3.72. The van der Waals surface area contributed by atoms with Gasteiger partial charge in [-0.15, -0.1) is 0 Å². The van der Waals surface area contributed by atoms with E-state index in [2.05, 4.69) is 20.7 Å². The van der Waals surface area contributed by atoms with Crippen LogP contribution in [0.2, 0.25) is 0 Å². The number of halogens is 2. The molecule has 0 heterocycles. The average molecular weight is 292 g/mol. The van der Waals surface area contributed by atoms with Crippen LogP contribution in [0.4, 0.5) is 10.1 Å². The highest BCUT2D eigenvalue weighted by Crippen LogP contribution is 2.30. The van der Waals surface area contributed by atoms with E-state index in [0.29, 0.717) is 4.47 Å². The Hall–Kier alpha value is -1.50. The summed E-state index contributed by atoms with van der Waals surface area (Å²) in [7, 11) is 1.15. The third-order valence-electron chi connectivity index (χ3n) is 1.91. The lowest BCUT2D eigenvalue weighted by Gasteiger charge is -2.05. The largest absolute Gasteiger partial charge is 0.469 e. The van der Waals surface area contributed by atoms with Gasteiger partial charge in [-0.1, -0.05) is 15.9 Å². The molecule has 0 radical (unpaired) electrons. The SMILES string of the molecule is COC(=O)Cc1c(Br)ccc(F)c1[N+](=O)[O-]. The van der Waals surface area contributed by atoms with E-state index in [0.717, 1.165) is 13.2 Å². The maximum Gasteiger partial charge on any atom is 0.310 e. The highest BCUT2D eigenvalue weighted by atomic mass is 79.9. The highest BCUT2D eigenvalue weighted by molar-refractivity contribution is 9.10. The number of hydrogen-bond acceptors (Lipinski definition) is 4. The van der Waals surface area contributed by atoms with E-state index in [-0.39, 0.29) is 12.0 Å². The Labute approximate surface area is 98.5 Å². The van der Waals surface area contributed by atoms with Crippen molar-refractivity contribution in [3.8, 4) is 0 Å². The van der Waals surface area contributed by atoms with Crippen LogP contribution in [-0.4, -0.2) is 18.0 Å². The Morgan fingerprint density at radius 1 is 1.62 bits per heavy atom. The summed E-state index contributed by atoms with van der Waals surface area (Å²) in [5.74, 6) is -1.65. The van der Waals surface area contributed by atoms with Crippen LogP contribution in [0.1, 0.15) is 5.56 Å². The van der Waals surface area contributed by atoms with Crippen molar-refractivity contribution in [2.45, 2.75) is 6.42 Å². The predicted octanol–water partition coefficient (Wildman–Crippen LogP) is 2.21. The zero-order valence-corrected chi connectivity index (χ0v) is 9.78. The molecule has 1 aromatic carbocycles. The zero-order chi connectivity index (χ0) is 12.3. The lowest BCUT2D eigenvalue weighted by atomic mass is 10.1. The van der Waals surface area contributed by atoms with E-state index in [1.54, 1.807) is 0 Å². The summed E-state index contributed by atoms with van der Waals surface area (Å²) >= 11 is 3.03. The van der Waals surface area contributed by atoms with Crippen molar-refractivity contribution < 1.29 is 18.8 Å². The second-order valence-electron chi connectivity index (χ2n) is 2.87. The fraction of sp³-hybridized carbons (Fsp3) is 0.222. The molecule has 0 N–H and O–H groups in total. The molecule has 0 amide bonds. The van der Waals surface area contributed by atoms with Crippen molar-refractivity contribution in [1.82, 2.24) is 0 Å². The Bertz CT molecular complexity index is 449. The van der Waals surface area contributed by atoms with Crippen LogP contribution < -0.4 is 0 Å². The molecular weight excluding hydrogens is 285 g/mol. The molecule has 16 heavy (non-hydrogen) atoms. The molecule has 0 aliphatic rings. The smallest absolute Gasteiger partial charge is 0.310 e. The van der Waals surface area contributed by atoms with Crippen molar-refractivity contribution in [2.75, 3.05) is 7.11 Å². The van der Waals surface area contributed by atoms with Gasteiger partial charge < -0.3 is 4.74 Å². The first kappa shape index (κ1) is 12.6. The van der Waals surface area contributed by atoms with Gasteiger partial charge in [-0.25, -0.2) is 0 Å². The van der Waals surface area contributed by atoms with Crippen LogP contribution in [0, 0.1) is 15.9 Å². The lowest BCUT2D eigenvalue weighted by molar-refractivity contribution is -0.388. The van der Waals surface area contributed by atoms with E-state index in [4.69, 9.17) is 0 Å². The molecule has 1 rings (SSSR count). The summed E-state index contributed by atoms with van der Waals surface area (Å²) in [6, 6.07) is 2.27. The van der Waals surface area contributed by atoms with E-state index in [9.17, 15) is 19.3 Å². The third-order valence-corrected chi connectivity index (χ3v) is 2.65. The molecule has 0 saturated heterocycles. The molecule has 0 aliphatic heterocycles. The van der Waals surface area contributed by atoms with Gasteiger partial charge in [-0.2, -0.15) is 4.39 Å². The minimum absolute atomic E-state index is 0.0307. The standard InChI is InChI=1S/C9H7BrFNO4/c1-16-8(13)4-5-6(10)2-3-7(11)9(5)12(14)15/h2-3H,4H2,1H3. The topological polar surface area (TPSA) is 69.4 Å². The number of nitrogens with zero attached hydrogens (tertiary/aromatic N) is 1. The molecule has 7 heteroatoms. The number of hydrogen-bond donors (Lipinski definition) is 0. The van der Waals surface area contributed by atoms with Gasteiger partial charge in [0.25, 0.3) is 0 Å². The van der Waals surface area contributed by atoms with Crippen LogP contribution in [0.5, 0.6) is 0 Å². The van der Waals surface area contributed by atoms with Crippen LogP contribution in [0.15, 0.2) is 16.6 Å². The van der Waals surface area contributed by atoms with Crippen molar-refractivity contribution >= 4 is 27.6 Å². The van der Waals surface area contributed by atoms with E-state index in [1.807, 2.05) is 0 Å². The van der Waals surface area contributed by atoms with Crippen molar-refractivity contribution in [1.29, 1.82) is 0 Å². The first-order valence-corrected chi connectivity index (χ1v) is 4.94. The molecule has 0 atom stereocenters. The summed E-state index contributed by atoms with van der Waals surface area (Å²) in [6.07, 6.45) is -0.356. The number of nitro groups is 1. The third kappa shape index (κ3) is 2.54. The van der Waals surface area contributed by atoms with Gasteiger partial charge in [0.05, 0.1) is 24.0 Å². The molecule has 0 aliphatic carbocycles. The minimum atomic E-state index is -0.980. The molecule has 0 unspecified atom stereocenters. The normalized spacial score (nSPS) is 9.94. The average Bonchev–Trinajstić information content (AvgIpc) is 2.22. The van der Waals surface area contributed by atoms with Gasteiger partial charge in [-0.3, -0.25) is 14.9 Å². The van der Waals surface area contributed by atoms with Crippen molar-refractivity contribution in [2.24, 2.45) is 0 Å². The number of esters is 1. The van der Waals surface area contributed by atoms with Crippen LogP contribution in [-0.2, 0) is 16.0 Å². The number of methoxy groups -OCH3 is 1. The second kappa shape index (κ2) is 5.02. The molecule has 0 saturated carbocycles. The summed E-state index contributed by atoms with van der Waals surface area (Å²) in [5, 5.41) is 10.7. The van der Waals surface area contributed by atoms with Gasteiger partial charge in [0.2, 0.25) is 5.82 Å². The number of rotatable bonds is 3. The highest BCUT2D eigenvalue weighted by Gasteiger charge is 2.24. The van der Waals surface area contributed by atoms with Crippen LogP contribution in [0.25, 0.3) is 0 Å². The minimum Gasteiger partial charge on any atom is -0.469 e. The van der Waals surface area contributed by atoms with Gasteiger partial charge in [-0.05, 0) is 12.1 Å². The quantitative estimate of drug-likeness (QED) is 0.486. The molecule has 0 fully saturated rings. The fourth-order valence-electron chi connectivity index (χ4n) is 1.17. The Balaban J connectivity index is 3.28. The predicted molar refractivity (Wildman–Crippen MR) is 56.5 cm³/mol. The van der Waals surface area contributed by atoms with Crippen LogP contribution in [0.3, 0.4) is 0 Å². The summed E-state index contributed by atoms with van der Waals surface area (Å²) in [4.78, 5) is 20.8.